The molecule has 0 nitrogen and oxygen atoms in total. The van der Waals surface area contributed by atoms with E-state index in [4.69, 9.17) is 0 Å². The van der Waals surface area contributed by atoms with Gasteiger partial charge in [-0.3, -0.25) is 0 Å². The summed E-state index contributed by atoms with van der Waals surface area (Å²) >= 11 is 0. The van der Waals surface area contributed by atoms with Gasteiger partial charge in [0.05, 0.1) is 0 Å². The molecule has 0 saturated carbocycles. The molecule has 10 aromatic carbocycles. The summed E-state index contributed by atoms with van der Waals surface area (Å²) in [5.74, 6) is 0. The van der Waals surface area contributed by atoms with Gasteiger partial charge < -0.3 is 0 Å². The molecule has 0 aliphatic rings. The van der Waals surface area contributed by atoms with Crippen LogP contribution in [-0.4, -0.2) is 0 Å². The summed E-state index contributed by atoms with van der Waals surface area (Å²) in [6.07, 6.45) is 0. The van der Waals surface area contributed by atoms with E-state index in [0.717, 1.165) is 0 Å². The van der Waals surface area contributed by atoms with Gasteiger partial charge >= 0.3 is 0 Å². The lowest BCUT2D eigenvalue weighted by molar-refractivity contribution is 1.65. The smallest absolute Gasteiger partial charge is 0.00262 e. The van der Waals surface area contributed by atoms with Crippen LogP contribution in [0, 0.1) is 0 Å². The van der Waals surface area contributed by atoms with E-state index < -0.39 is 0 Å². The van der Waals surface area contributed by atoms with Crippen molar-refractivity contribution in [2.45, 2.75) is 0 Å². The van der Waals surface area contributed by atoms with Crippen molar-refractivity contribution in [1.29, 1.82) is 0 Å². The minimum atomic E-state index is 1.23. The van der Waals surface area contributed by atoms with Crippen molar-refractivity contribution in [2.24, 2.45) is 0 Å². The summed E-state index contributed by atoms with van der Waals surface area (Å²) in [7, 11) is 0. The summed E-state index contributed by atoms with van der Waals surface area (Å²) in [6.45, 7) is 0. The van der Waals surface area contributed by atoms with Crippen LogP contribution in [0.15, 0.2) is 182 Å². The van der Waals surface area contributed by atoms with Crippen LogP contribution in [0.4, 0.5) is 0 Å². The van der Waals surface area contributed by atoms with Crippen LogP contribution in [0.2, 0.25) is 0 Å². The average molecular weight is 607 g/mol. The molecule has 0 atom stereocenters. The van der Waals surface area contributed by atoms with Crippen molar-refractivity contribution in [3.63, 3.8) is 0 Å². The second kappa shape index (κ2) is 10.7. The molecule has 0 bridgehead atoms. The van der Waals surface area contributed by atoms with Crippen molar-refractivity contribution in [3.05, 3.63) is 182 Å². The van der Waals surface area contributed by atoms with Crippen molar-refractivity contribution < 1.29 is 0 Å². The van der Waals surface area contributed by atoms with Crippen LogP contribution >= 0.6 is 0 Å². The molecule has 48 heavy (non-hydrogen) atoms. The number of rotatable bonds is 3. The van der Waals surface area contributed by atoms with E-state index in [2.05, 4.69) is 182 Å². The second-order valence-electron chi connectivity index (χ2n) is 12.8. The minimum Gasteiger partial charge on any atom is -0.0616 e. The minimum absolute atomic E-state index is 1.23. The third-order valence-electron chi connectivity index (χ3n) is 10.2. The first-order valence-corrected chi connectivity index (χ1v) is 16.7. The van der Waals surface area contributed by atoms with Gasteiger partial charge in [0.1, 0.15) is 0 Å². The van der Waals surface area contributed by atoms with Crippen LogP contribution in [0.3, 0.4) is 0 Å². The first kappa shape index (κ1) is 26.9. The van der Waals surface area contributed by atoms with Crippen molar-refractivity contribution in [1.82, 2.24) is 0 Å². The lowest BCUT2D eigenvalue weighted by Gasteiger charge is -2.19. The van der Waals surface area contributed by atoms with Gasteiger partial charge in [0.25, 0.3) is 0 Å². The number of benzene rings is 10. The zero-order valence-corrected chi connectivity index (χ0v) is 26.3. The highest BCUT2D eigenvalue weighted by atomic mass is 14.2. The molecule has 0 heteroatoms. The van der Waals surface area contributed by atoms with Crippen molar-refractivity contribution in [2.75, 3.05) is 0 Å². The van der Waals surface area contributed by atoms with E-state index in [1.165, 1.54) is 98.0 Å². The SMILES string of the molecule is c1cc(-c2c3ccccc3c(-c3ccc4ccccc4c3)c3ccccc23)cc(-c2c3ccccc3cc3c2ccc2ccccc23)c1. The van der Waals surface area contributed by atoms with Crippen LogP contribution in [0.25, 0.3) is 98.0 Å². The van der Waals surface area contributed by atoms with Gasteiger partial charge in [-0.1, -0.05) is 164 Å². The Morgan fingerprint density at radius 2 is 0.625 bits per heavy atom. The second-order valence-corrected chi connectivity index (χ2v) is 12.8. The van der Waals surface area contributed by atoms with Gasteiger partial charge in [0, 0.05) is 0 Å². The van der Waals surface area contributed by atoms with Crippen LogP contribution < -0.4 is 0 Å². The third kappa shape index (κ3) is 4.10. The molecule has 0 heterocycles. The summed E-state index contributed by atoms with van der Waals surface area (Å²) in [5, 5.41) is 15.3. The van der Waals surface area contributed by atoms with Gasteiger partial charge in [-0.2, -0.15) is 0 Å². The summed E-state index contributed by atoms with van der Waals surface area (Å²) in [6, 6.07) is 67.2. The molecular formula is C48H30. The molecular weight excluding hydrogens is 577 g/mol. The Balaban J connectivity index is 1.27. The van der Waals surface area contributed by atoms with Crippen molar-refractivity contribution in [3.8, 4) is 33.4 Å². The van der Waals surface area contributed by atoms with E-state index >= 15 is 0 Å². The monoisotopic (exact) mass is 606 g/mol. The molecule has 222 valence electrons. The van der Waals surface area contributed by atoms with Gasteiger partial charge in [0.2, 0.25) is 0 Å². The Kier molecular flexibility index (Phi) is 5.98. The highest BCUT2D eigenvalue weighted by molar-refractivity contribution is 6.23. The van der Waals surface area contributed by atoms with Gasteiger partial charge in [-0.15, -0.1) is 0 Å². The first-order chi connectivity index (χ1) is 23.8. The first-order valence-electron chi connectivity index (χ1n) is 16.7. The molecule has 0 amide bonds. The highest BCUT2D eigenvalue weighted by Crippen LogP contribution is 2.46. The molecule has 0 radical (unpaired) electrons. The molecule has 0 N–H and O–H groups in total. The van der Waals surface area contributed by atoms with E-state index in [1.807, 2.05) is 0 Å². The fourth-order valence-corrected chi connectivity index (χ4v) is 8.06. The Labute approximate surface area is 279 Å². The van der Waals surface area contributed by atoms with Gasteiger partial charge in [-0.25, -0.2) is 0 Å². The fourth-order valence-electron chi connectivity index (χ4n) is 8.06. The van der Waals surface area contributed by atoms with Crippen LogP contribution in [-0.2, 0) is 0 Å². The van der Waals surface area contributed by atoms with Crippen LogP contribution in [0.1, 0.15) is 0 Å². The summed E-state index contributed by atoms with van der Waals surface area (Å²) in [5.41, 5.74) is 7.57. The van der Waals surface area contributed by atoms with Crippen molar-refractivity contribution >= 4 is 64.6 Å². The maximum atomic E-state index is 2.42. The Morgan fingerprint density at radius 1 is 0.188 bits per heavy atom. The standard InChI is InChI=1S/C48H30/c1-2-14-33-28-37(25-24-31(33)12-1)48-42-22-9-7-20-40(42)47(41-21-8-10-23-43(41)48)36-17-11-16-35(29-36)46-39-19-6-4-15-34(39)30-45-38-18-5-3-13-32(38)26-27-44(45)46/h1-30H. The Bertz CT molecular complexity index is 2830. The number of hydrogen-bond acceptors (Lipinski definition) is 0. The zero-order valence-electron chi connectivity index (χ0n) is 26.3. The molecule has 0 spiro atoms. The van der Waals surface area contributed by atoms with E-state index in [9.17, 15) is 0 Å². The van der Waals surface area contributed by atoms with E-state index in [0.29, 0.717) is 0 Å². The Morgan fingerprint density at radius 3 is 1.27 bits per heavy atom. The Hall–Kier alpha value is -6.24. The predicted octanol–water partition coefficient (Wildman–Crippen LogP) is 13.6. The number of hydrogen-bond donors (Lipinski definition) is 0. The largest absolute Gasteiger partial charge is 0.0616 e. The summed E-state index contributed by atoms with van der Waals surface area (Å²) in [4.78, 5) is 0. The normalized spacial score (nSPS) is 11.8. The number of fused-ring (bicyclic) bond motifs is 7. The topological polar surface area (TPSA) is 0 Å². The average Bonchev–Trinajstić information content (AvgIpc) is 3.15. The predicted molar refractivity (Wildman–Crippen MR) is 208 cm³/mol. The molecule has 10 aromatic rings. The third-order valence-corrected chi connectivity index (χ3v) is 10.2. The molecule has 0 aromatic heterocycles. The fraction of sp³-hybridized carbons (Fsp3) is 0. The summed E-state index contributed by atoms with van der Waals surface area (Å²) < 4.78 is 0. The highest BCUT2D eigenvalue weighted by Gasteiger charge is 2.18. The molecule has 0 fully saturated rings. The molecule has 0 aliphatic heterocycles. The van der Waals surface area contributed by atoms with Crippen LogP contribution in [0.5, 0.6) is 0 Å². The van der Waals surface area contributed by atoms with E-state index in [-0.39, 0.29) is 0 Å². The maximum absolute atomic E-state index is 2.42. The lowest BCUT2D eigenvalue weighted by atomic mass is 9.84. The lowest BCUT2D eigenvalue weighted by Crippen LogP contribution is -1.92. The molecule has 10 rings (SSSR count). The maximum Gasteiger partial charge on any atom is -0.00262 e. The zero-order chi connectivity index (χ0) is 31.6. The molecule has 0 saturated heterocycles. The van der Waals surface area contributed by atoms with Gasteiger partial charge in [-0.05, 0) is 116 Å². The quantitative estimate of drug-likeness (QED) is 0.139. The molecule has 0 unspecified atom stereocenters. The van der Waals surface area contributed by atoms with E-state index in [1.54, 1.807) is 0 Å². The van der Waals surface area contributed by atoms with Gasteiger partial charge in [0.15, 0.2) is 0 Å². The molecule has 0 aliphatic carbocycles.